The first-order chi connectivity index (χ1) is 10.6. The Morgan fingerprint density at radius 3 is 3.05 bits per heavy atom. The highest BCUT2D eigenvalue weighted by Gasteiger charge is 2.36. The molecule has 0 radical (unpaired) electrons. The van der Waals surface area contributed by atoms with Crippen LogP contribution in [-0.2, 0) is 6.42 Å². The zero-order chi connectivity index (χ0) is 15.2. The molecule has 4 rings (SSSR count). The summed E-state index contributed by atoms with van der Waals surface area (Å²) in [6.07, 6.45) is 7.62. The molecule has 22 heavy (non-hydrogen) atoms. The van der Waals surface area contributed by atoms with E-state index >= 15 is 0 Å². The van der Waals surface area contributed by atoms with Crippen molar-refractivity contribution in [2.75, 3.05) is 5.32 Å². The Kier molecular flexibility index (Phi) is 2.89. The van der Waals surface area contributed by atoms with Gasteiger partial charge < -0.3 is 5.32 Å². The second-order valence-electron chi connectivity index (χ2n) is 6.60. The summed E-state index contributed by atoms with van der Waals surface area (Å²) >= 11 is 0. The van der Waals surface area contributed by atoms with Gasteiger partial charge in [0, 0.05) is 12.4 Å². The fraction of sp³-hybridized carbons (Fsp3) is 0.353. The van der Waals surface area contributed by atoms with Gasteiger partial charge in [-0.3, -0.25) is 4.40 Å². The van der Waals surface area contributed by atoms with E-state index in [1.807, 2.05) is 10.6 Å². The van der Waals surface area contributed by atoms with Gasteiger partial charge in [0.2, 0.25) is 5.65 Å². The highest BCUT2D eigenvalue weighted by atomic mass is 15.2. The van der Waals surface area contributed by atoms with Crippen LogP contribution in [0.2, 0.25) is 0 Å². The molecule has 0 aliphatic heterocycles. The largest absolute Gasteiger partial charge is 0.360 e. The highest BCUT2D eigenvalue weighted by molar-refractivity contribution is 5.62. The predicted octanol–water partition coefficient (Wildman–Crippen LogP) is 3.25. The molecule has 0 bridgehead atoms. The lowest BCUT2D eigenvalue weighted by Crippen LogP contribution is -2.33. The number of nitrogens with one attached hydrogen (secondary N) is 1. The van der Waals surface area contributed by atoms with E-state index < -0.39 is 0 Å². The maximum atomic E-state index is 4.48. The summed E-state index contributed by atoms with van der Waals surface area (Å²) in [6, 6.07) is 8.89. The minimum Gasteiger partial charge on any atom is -0.360 e. The molecule has 1 atom stereocenters. The third-order valence-electron chi connectivity index (χ3n) is 4.68. The second kappa shape index (κ2) is 4.80. The van der Waals surface area contributed by atoms with Crippen LogP contribution in [0.25, 0.3) is 5.65 Å². The summed E-state index contributed by atoms with van der Waals surface area (Å²) in [4.78, 5) is 4.48. The van der Waals surface area contributed by atoms with Crippen LogP contribution >= 0.6 is 0 Å². The van der Waals surface area contributed by atoms with Crippen molar-refractivity contribution in [1.82, 2.24) is 19.6 Å². The van der Waals surface area contributed by atoms with Crippen LogP contribution in [0.4, 0.5) is 5.82 Å². The minimum atomic E-state index is 0.156. The van der Waals surface area contributed by atoms with Crippen LogP contribution in [0.1, 0.15) is 37.4 Å². The summed E-state index contributed by atoms with van der Waals surface area (Å²) in [6.45, 7) is 4.62. The number of fused-ring (bicyclic) bond motifs is 2. The summed E-state index contributed by atoms with van der Waals surface area (Å²) in [5.74, 6) is 0.787. The first-order valence-corrected chi connectivity index (χ1v) is 7.64. The molecule has 1 N–H and O–H groups in total. The molecule has 2 aromatic heterocycles. The van der Waals surface area contributed by atoms with Gasteiger partial charge in [-0.05, 0) is 29.4 Å². The SMILES string of the molecule is CC1(C)CCc2ccccc2C1Nc1nccn2cnnc12. The molecule has 112 valence electrons. The Hall–Kier alpha value is -2.43. The number of hydrogen-bond donors (Lipinski definition) is 1. The summed E-state index contributed by atoms with van der Waals surface area (Å²) in [5.41, 5.74) is 3.71. The quantitative estimate of drug-likeness (QED) is 0.788. The fourth-order valence-corrected chi connectivity index (χ4v) is 3.34. The van der Waals surface area contributed by atoms with Crippen LogP contribution in [0, 0.1) is 5.41 Å². The van der Waals surface area contributed by atoms with Crippen molar-refractivity contribution >= 4 is 11.5 Å². The third-order valence-corrected chi connectivity index (χ3v) is 4.68. The van der Waals surface area contributed by atoms with Crippen molar-refractivity contribution in [1.29, 1.82) is 0 Å². The van der Waals surface area contributed by atoms with Crippen LogP contribution in [0.3, 0.4) is 0 Å². The number of benzene rings is 1. The minimum absolute atomic E-state index is 0.156. The van der Waals surface area contributed by atoms with Crippen molar-refractivity contribution in [2.45, 2.75) is 32.7 Å². The highest BCUT2D eigenvalue weighted by Crippen LogP contribution is 2.45. The standard InChI is InChI=1S/C17H19N5/c1-17(2)8-7-12-5-3-4-6-13(12)14(17)20-15-16-21-19-11-22(16)10-9-18-15/h3-6,9-11,14H,7-8H2,1-2H3,(H,18,20). The summed E-state index contributed by atoms with van der Waals surface area (Å²) < 4.78 is 1.89. The number of rotatable bonds is 2. The van der Waals surface area contributed by atoms with E-state index in [4.69, 9.17) is 0 Å². The van der Waals surface area contributed by atoms with Crippen LogP contribution < -0.4 is 5.32 Å². The molecule has 0 saturated carbocycles. The molecule has 0 amide bonds. The van der Waals surface area contributed by atoms with Crippen molar-refractivity contribution in [3.05, 3.63) is 54.1 Å². The van der Waals surface area contributed by atoms with Crippen LogP contribution in [0.5, 0.6) is 0 Å². The number of aryl methyl sites for hydroxylation is 1. The lowest BCUT2D eigenvalue weighted by molar-refractivity contribution is 0.265. The Labute approximate surface area is 129 Å². The van der Waals surface area contributed by atoms with E-state index in [0.29, 0.717) is 0 Å². The summed E-state index contributed by atoms with van der Waals surface area (Å²) in [7, 11) is 0. The molecule has 0 spiro atoms. The number of nitrogens with zero attached hydrogens (tertiary/aromatic N) is 4. The van der Waals surface area contributed by atoms with Gasteiger partial charge in [0.05, 0.1) is 6.04 Å². The maximum absolute atomic E-state index is 4.48. The zero-order valence-corrected chi connectivity index (χ0v) is 12.8. The lowest BCUT2D eigenvalue weighted by atomic mass is 9.70. The Morgan fingerprint density at radius 1 is 1.27 bits per heavy atom. The van der Waals surface area contributed by atoms with E-state index in [2.05, 4.69) is 58.6 Å². The van der Waals surface area contributed by atoms with E-state index in [1.165, 1.54) is 11.1 Å². The molecule has 1 aliphatic carbocycles. The van der Waals surface area contributed by atoms with E-state index in [-0.39, 0.29) is 11.5 Å². The number of anilines is 1. The average Bonchev–Trinajstić information content (AvgIpc) is 2.99. The van der Waals surface area contributed by atoms with Gasteiger partial charge in [-0.25, -0.2) is 4.98 Å². The zero-order valence-electron chi connectivity index (χ0n) is 12.8. The van der Waals surface area contributed by atoms with Crippen molar-refractivity contribution in [3.8, 4) is 0 Å². The normalized spacial score (nSPS) is 19.8. The van der Waals surface area contributed by atoms with E-state index in [9.17, 15) is 0 Å². The van der Waals surface area contributed by atoms with Gasteiger partial charge in [0.15, 0.2) is 5.82 Å². The van der Waals surface area contributed by atoms with Gasteiger partial charge in [0.25, 0.3) is 0 Å². The molecule has 5 nitrogen and oxygen atoms in total. The van der Waals surface area contributed by atoms with E-state index in [0.717, 1.165) is 24.3 Å². The van der Waals surface area contributed by atoms with Gasteiger partial charge in [-0.1, -0.05) is 38.1 Å². The van der Waals surface area contributed by atoms with Gasteiger partial charge in [-0.2, -0.15) is 0 Å². The van der Waals surface area contributed by atoms with Crippen LogP contribution in [-0.4, -0.2) is 19.6 Å². The summed E-state index contributed by atoms with van der Waals surface area (Å²) in [5, 5.41) is 11.8. The number of hydrogen-bond acceptors (Lipinski definition) is 4. The molecular formula is C17H19N5. The fourth-order valence-electron chi connectivity index (χ4n) is 3.34. The first-order valence-electron chi connectivity index (χ1n) is 7.64. The van der Waals surface area contributed by atoms with Gasteiger partial charge in [-0.15, -0.1) is 10.2 Å². The van der Waals surface area contributed by atoms with Gasteiger partial charge >= 0.3 is 0 Å². The Morgan fingerprint density at radius 2 is 2.14 bits per heavy atom. The first kappa shape index (κ1) is 13.2. The average molecular weight is 293 g/mol. The van der Waals surface area contributed by atoms with Gasteiger partial charge in [0.1, 0.15) is 6.33 Å². The molecule has 1 unspecified atom stereocenters. The molecular weight excluding hydrogens is 274 g/mol. The predicted molar refractivity (Wildman–Crippen MR) is 85.7 cm³/mol. The molecule has 0 fully saturated rings. The molecule has 3 aromatic rings. The Balaban J connectivity index is 1.79. The molecule has 0 saturated heterocycles. The topological polar surface area (TPSA) is 55.1 Å². The van der Waals surface area contributed by atoms with Crippen molar-refractivity contribution in [3.63, 3.8) is 0 Å². The molecule has 1 aromatic carbocycles. The van der Waals surface area contributed by atoms with Crippen molar-refractivity contribution < 1.29 is 0 Å². The smallest absolute Gasteiger partial charge is 0.203 e. The maximum Gasteiger partial charge on any atom is 0.203 e. The van der Waals surface area contributed by atoms with Crippen molar-refractivity contribution in [2.24, 2.45) is 5.41 Å². The second-order valence-corrected chi connectivity index (χ2v) is 6.60. The molecule has 1 aliphatic rings. The Bertz CT molecular complexity index is 821. The molecule has 2 heterocycles. The monoisotopic (exact) mass is 293 g/mol. The third kappa shape index (κ3) is 2.04. The number of aromatic nitrogens is 4. The molecule has 5 heteroatoms. The van der Waals surface area contributed by atoms with E-state index in [1.54, 1.807) is 12.5 Å². The van der Waals surface area contributed by atoms with Crippen LogP contribution in [0.15, 0.2) is 43.0 Å². The lowest BCUT2D eigenvalue weighted by Gasteiger charge is -2.40.